The largest absolute Gasteiger partial charge is 0.508 e. The molecule has 0 spiro atoms. The summed E-state index contributed by atoms with van der Waals surface area (Å²) in [6, 6.07) is 4.36. The number of hydrogen-bond acceptors (Lipinski definition) is 3. The minimum absolute atomic E-state index is 0.00473. The molecule has 2 unspecified atom stereocenters. The number of allylic oxidation sites excluding steroid dienone is 1. The van der Waals surface area contributed by atoms with Crippen molar-refractivity contribution in [2.45, 2.75) is 116 Å². The molecule has 1 aliphatic carbocycles. The molecule has 166 valence electrons. The highest BCUT2D eigenvalue weighted by molar-refractivity contribution is 5.51. The molecule has 0 aromatic heterocycles. The fraction of sp³-hybridized carbons (Fsp3) is 0.692. The molecule has 0 heterocycles. The zero-order valence-corrected chi connectivity index (χ0v) is 19.8. The Labute approximate surface area is 179 Å². The maximum absolute atomic E-state index is 11.0. The number of aromatic hydroxyl groups is 1. The van der Waals surface area contributed by atoms with E-state index in [-0.39, 0.29) is 23.5 Å². The lowest BCUT2D eigenvalue weighted by Crippen LogP contribution is -2.27. The van der Waals surface area contributed by atoms with Crippen molar-refractivity contribution in [2.24, 2.45) is 5.73 Å². The topological polar surface area (TPSA) is 55.5 Å². The van der Waals surface area contributed by atoms with Crippen molar-refractivity contribution < 1.29 is 9.84 Å². The standard InChI is InChI=1S/C24H39NO2.C2H6/c1-6-7-8-9-13-24(4,5)19-15-21(26)23(22(16-19)27-17(2)3)18-11-10-12-20(25)14-18;1-2/h6,15-18,20,26H,1,7-14,25H2,2-5H3;1-2H3. The minimum atomic E-state index is -0.00473. The highest BCUT2D eigenvalue weighted by atomic mass is 16.5. The summed E-state index contributed by atoms with van der Waals surface area (Å²) < 4.78 is 6.18. The lowest BCUT2D eigenvalue weighted by molar-refractivity contribution is 0.233. The number of unbranched alkanes of at least 4 members (excludes halogenated alkanes) is 2. The number of rotatable bonds is 9. The monoisotopic (exact) mass is 403 g/mol. The average molecular weight is 404 g/mol. The first kappa shape index (κ1) is 25.6. The molecule has 3 N–H and O–H groups in total. The van der Waals surface area contributed by atoms with E-state index in [9.17, 15) is 5.11 Å². The van der Waals surface area contributed by atoms with Crippen LogP contribution in [-0.4, -0.2) is 17.3 Å². The Bertz CT molecular complexity index is 621. The molecule has 0 aliphatic heterocycles. The summed E-state index contributed by atoms with van der Waals surface area (Å²) in [5.41, 5.74) is 8.32. The molecule has 0 amide bonds. The Morgan fingerprint density at radius 1 is 1.24 bits per heavy atom. The maximum atomic E-state index is 11.0. The van der Waals surface area contributed by atoms with Gasteiger partial charge >= 0.3 is 0 Å². The lowest BCUT2D eigenvalue weighted by atomic mass is 9.76. The van der Waals surface area contributed by atoms with Crippen LogP contribution in [0.25, 0.3) is 0 Å². The van der Waals surface area contributed by atoms with Crippen LogP contribution in [0, 0.1) is 0 Å². The van der Waals surface area contributed by atoms with Crippen LogP contribution in [0.15, 0.2) is 24.8 Å². The molecule has 1 aromatic carbocycles. The van der Waals surface area contributed by atoms with Gasteiger partial charge < -0.3 is 15.6 Å². The SMILES string of the molecule is C=CCCCCC(C)(C)c1cc(O)c(C2CCCC(N)C2)c(OC(C)C)c1.CC. The molecule has 0 saturated heterocycles. The first-order valence-corrected chi connectivity index (χ1v) is 11.6. The van der Waals surface area contributed by atoms with Crippen LogP contribution in [0.2, 0.25) is 0 Å². The van der Waals surface area contributed by atoms with Crippen LogP contribution < -0.4 is 10.5 Å². The van der Waals surface area contributed by atoms with Crippen molar-refractivity contribution >= 4 is 0 Å². The van der Waals surface area contributed by atoms with Crippen molar-refractivity contribution in [2.75, 3.05) is 0 Å². The molecule has 2 atom stereocenters. The van der Waals surface area contributed by atoms with E-state index in [0.717, 1.165) is 68.2 Å². The Morgan fingerprint density at radius 2 is 1.93 bits per heavy atom. The summed E-state index contributed by atoms with van der Waals surface area (Å²) in [5.74, 6) is 1.51. The van der Waals surface area contributed by atoms with E-state index in [2.05, 4.69) is 26.5 Å². The van der Waals surface area contributed by atoms with Gasteiger partial charge in [-0.25, -0.2) is 0 Å². The number of phenols is 1. The van der Waals surface area contributed by atoms with Crippen molar-refractivity contribution in [1.29, 1.82) is 0 Å². The molecular formula is C26H45NO2. The summed E-state index contributed by atoms with van der Waals surface area (Å²) >= 11 is 0. The molecule has 1 fully saturated rings. The number of benzene rings is 1. The molecule has 1 aromatic rings. The molecule has 0 bridgehead atoms. The summed E-state index contributed by atoms with van der Waals surface area (Å²) in [6.45, 7) is 16.4. The maximum Gasteiger partial charge on any atom is 0.127 e. The number of nitrogens with two attached hydrogens (primary N) is 1. The zero-order valence-electron chi connectivity index (χ0n) is 19.8. The molecule has 1 aliphatic rings. The number of ether oxygens (including phenoxy) is 1. The fourth-order valence-corrected chi connectivity index (χ4v) is 4.25. The van der Waals surface area contributed by atoms with Crippen molar-refractivity contribution in [3.05, 3.63) is 35.9 Å². The van der Waals surface area contributed by atoms with E-state index in [4.69, 9.17) is 10.5 Å². The molecule has 3 heteroatoms. The lowest BCUT2D eigenvalue weighted by Gasteiger charge is -2.32. The smallest absolute Gasteiger partial charge is 0.127 e. The number of phenolic OH excluding ortho intramolecular Hbond substituents is 1. The van der Waals surface area contributed by atoms with E-state index >= 15 is 0 Å². The van der Waals surface area contributed by atoms with Crippen molar-refractivity contribution in [3.8, 4) is 11.5 Å². The van der Waals surface area contributed by atoms with Gasteiger partial charge in [-0.15, -0.1) is 6.58 Å². The molecular weight excluding hydrogens is 358 g/mol. The normalized spacial score (nSPS) is 19.4. The Kier molecular flexibility index (Phi) is 10.8. The summed E-state index contributed by atoms with van der Waals surface area (Å²) in [5, 5.41) is 11.0. The minimum Gasteiger partial charge on any atom is -0.508 e. The third-order valence-electron chi connectivity index (χ3n) is 5.85. The average Bonchev–Trinajstić information content (AvgIpc) is 2.66. The van der Waals surface area contributed by atoms with Gasteiger partial charge in [0, 0.05) is 11.6 Å². The highest BCUT2D eigenvalue weighted by Gasteiger charge is 2.29. The Hall–Kier alpha value is -1.48. The van der Waals surface area contributed by atoms with Crippen LogP contribution in [-0.2, 0) is 5.41 Å². The van der Waals surface area contributed by atoms with Crippen molar-refractivity contribution in [3.63, 3.8) is 0 Å². The molecule has 0 radical (unpaired) electrons. The van der Waals surface area contributed by atoms with Crippen molar-refractivity contribution in [1.82, 2.24) is 0 Å². The fourth-order valence-electron chi connectivity index (χ4n) is 4.25. The quantitative estimate of drug-likeness (QED) is 0.338. The Balaban J connectivity index is 0.00000204. The van der Waals surface area contributed by atoms with E-state index in [1.165, 1.54) is 0 Å². The highest BCUT2D eigenvalue weighted by Crippen LogP contribution is 2.45. The van der Waals surface area contributed by atoms with Gasteiger partial charge in [0.1, 0.15) is 11.5 Å². The second kappa shape index (κ2) is 12.3. The zero-order chi connectivity index (χ0) is 22.0. The van der Waals surface area contributed by atoms with E-state index in [1.54, 1.807) is 0 Å². The first-order valence-electron chi connectivity index (χ1n) is 11.6. The third kappa shape index (κ3) is 7.70. The molecule has 3 nitrogen and oxygen atoms in total. The van der Waals surface area contributed by atoms with Crippen LogP contribution in [0.4, 0.5) is 0 Å². The van der Waals surface area contributed by atoms with E-state index in [0.29, 0.717) is 5.75 Å². The second-order valence-corrected chi connectivity index (χ2v) is 9.12. The van der Waals surface area contributed by atoms with Gasteiger partial charge in [-0.05, 0) is 81.4 Å². The van der Waals surface area contributed by atoms with E-state index < -0.39 is 0 Å². The number of hydrogen-bond donors (Lipinski definition) is 2. The predicted octanol–water partition coefficient (Wildman–Crippen LogP) is 7.21. The van der Waals surface area contributed by atoms with Gasteiger partial charge in [0.2, 0.25) is 0 Å². The summed E-state index contributed by atoms with van der Waals surface area (Å²) in [6.07, 6.45) is 10.7. The van der Waals surface area contributed by atoms with Gasteiger partial charge in [-0.3, -0.25) is 0 Å². The summed E-state index contributed by atoms with van der Waals surface area (Å²) in [4.78, 5) is 0. The van der Waals surface area contributed by atoms with Gasteiger partial charge in [0.05, 0.1) is 6.10 Å². The van der Waals surface area contributed by atoms with E-state index in [1.807, 2.05) is 39.8 Å². The summed E-state index contributed by atoms with van der Waals surface area (Å²) in [7, 11) is 0. The van der Waals surface area contributed by atoms with Crippen LogP contribution >= 0.6 is 0 Å². The van der Waals surface area contributed by atoms with Gasteiger partial charge in [0.15, 0.2) is 0 Å². The molecule has 1 saturated carbocycles. The van der Waals surface area contributed by atoms with Crippen LogP contribution in [0.5, 0.6) is 11.5 Å². The molecule has 2 rings (SSSR count). The van der Waals surface area contributed by atoms with Gasteiger partial charge in [-0.2, -0.15) is 0 Å². The van der Waals surface area contributed by atoms with Gasteiger partial charge in [0.25, 0.3) is 0 Å². The Morgan fingerprint density at radius 3 is 2.52 bits per heavy atom. The first-order chi connectivity index (χ1) is 13.7. The van der Waals surface area contributed by atoms with Crippen LogP contribution in [0.1, 0.15) is 110 Å². The second-order valence-electron chi connectivity index (χ2n) is 9.12. The van der Waals surface area contributed by atoms with Gasteiger partial charge in [-0.1, -0.05) is 46.6 Å². The predicted molar refractivity (Wildman–Crippen MR) is 126 cm³/mol. The van der Waals surface area contributed by atoms with Crippen LogP contribution in [0.3, 0.4) is 0 Å². The third-order valence-corrected chi connectivity index (χ3v) is 5.85. The molecule has 29 heavy (non-hydrogen) atoms.